The quantitative estimate of drug-likeness (QED) is 0.728. The highest BCUT2D eigenvalue weighted by Crippen LogP contribution is 2.23. The molecule has 17 heavy (non-hydrogen) atoms. The van der Waals surface area contributed by atoms with Crippen molar-refractivity contribution >= 4 is 11.7 Å². The summed E-state index contributed by atoms with van der Waals surface area (Å²) in [6.45, 7) is 4.64. The van der Waals surface area contributed by atoms with Gasteiger partial charge in [0.05, 0.1) is 5.69 Å². The minimum absolute atomic E-state index is 0.112. The molecule has 0 aliphatic carbocycles. The van der Waals surface area contributed by atoms with Crippen molar-refractivity contribution in [3.8, 4) is 0 Å². The van der Waals surface area contributed by atoms with E-state index in [0.29, 0.717) is 19.5 Å². The van der Waals surface area contributed by atoms with Crippen molar-refractivity contribution in [3.05, 3.63) is 11.3 Å². The van der Waals surface area contributed by atoms with E-state index in [2.05, 4.69) is 15.3 Å². The normalized spacial score (nSPS) is 16.9. The van der Waals surface area contributed by atoms with E-state index in [0.717, 1.165) is 30.2 Å². The second kappa shape index (κ2) is 4.75. The minimum Gasteiger partial charge on any atom is -0.354 e. The summed E-state index contributed by atoms with van der Waals surface area (Å²) >= 11 is 0. The number of hydrogen-bond donors (Lipinski definition) is 2. The van der Waals surface area contributed by atoms with E-state index < -0.39 is 0 Å². The predicted molar refractivity (Wildman–Crippen MR) is 65.7 cm³/mol. The van der Waals surface area contributed by atoms with Gasteiger partial charge >= 0.3 is 0 Å². The topological polar surface area (TPSA) is 76.2 Å². The van der Waals surface area contributed by atoms with Gasteiger partial charge in [0.2, 0.25) is 5.91 Å². The third-order valence-electron chi connectivity index (χ3n) is 3.13. The van der Waals surface area contributed by atoms with Gasteiger partial charge in [-0.2, -0.15) is 5.10 Å². The molecule has 0 bridgehead atoms. The lowest BCUT2D eigenvalue weighted by atomic mass is 10.2. The molecule has 1 fully saturated rings. The standard InChI is InChI=1S/C11H19N5O/c1-8-9(7-12)11(15(2)14-8)16-5-3-10(17)13-4-6-16/h3-7,12H2,1-2H3,(H,13,17). The summed E-state index contributed by atoms with van der Waals surface area (Å²) in [5.74, 6) is 1.15. The number of rotatable bonds is 2. The van der Waals surface area contributed by atoms with Crippen molar-refractivity contribution in [2.24, 2.45) is 12.8 Å². The van der Waals surface area contributed by atoms with Crippen LogP contribution in [0.4, 0.5) is 5.82 Å². The molecule has 0 atom stereocenters. The van der Waals surface area contributed by atoms with Crippen LogP contribution >= 0.6 is 0 Å². The lowest BCUT2D eigenvalue weighted by Gasteiger charge is -2.23. The summed E-state index contributed by atoms with van der Waals surface area (Å²) in [6.07, 6.45) is 0.522. The fourth-order valence-corrected chi connectivity index (χ4v) is 2.30. The van der Waals surface area contributed by atoms with Crippen molar-refractivity contribution in [2.75, 3.05) is 24.5 Å². The summed E-state index contributed by atoms with van der Waals surface area (Å²) < 4.78 is 1.85. The summed E-state index contributed by atoms with van der Waals surface area (Å²) in [5.41, 5.74) is 7.81. The summed E-state index contributed by atoms with van der Waals surface area (Å²) in [7, 11) is 1.92. The maximum Gasteiger partial charge on any atom is 0.221 e. The van der Waals surface area contributed by atoms with Crippen LogP contribution in [0, 0.1) is 6.92 Å². The van der Waals surface area contributed by atoms with Crippen LogP contribution < -0.4 is 16.0 Å². The molecular formula is C11H19N5O. The van der Waals surface area contributed by atoms with Gasteiger partial charge in [-0.25, -0.2) is 0 Å². The lowest BCUT2D eigenvalue weighted by Crippen LogP contribution is -2.30. The summed E-state index contributed by atoms with van der Waals surface area (Å²) in [5, 5.41) is 7.26. The molecule has 6 heteroatoms. The molecule has 0 spiro atoms. The third-order valence-corrected chi connectivity index (χ3v) is 3.13. The number of nitrogens with one attached hydrogen (secondary N) is 1. The van der Waals surface area contributed by atoms with Crippen LogP contribution in [0.15, 0.2) is 0 Å². The fourth-order valence-electron chi connectivity index (χ4n) is 2.30. The van der Waals surface area contributed by atoms with Crippen LogP contribution in [0.1, 0.15) is 17.7 Å². The zero-order chi connectivity index (χ0) is 12.4. The van der Waals surface area contributed by atoms with Gasteiger partial charge in [-0.15, -0.1) is 0 Å². The Hall–Kier alpha value is -1.56. The van der Waals surface area contributed by atoms with Gasteiger partial charge in [0.15, 0.2) is 0 Å². The van der Waals surface area contributed by atoms with Gasteiger partial charge in [-0.1, -0.05) is 0 Å². The Labute approximate surface area is 101 Å². The number of carbonyl (C=O) groups excluding carboxylic acids is 1. The van der Waals surface area contributed by atoms with Gasteiger partial charge in [0.25, 0.3) is 0 Å². The Kier molecular flexibility index (Phi) is 3.33. The van der Waals surface area contributed by atoms with Gasteiger partial charge in [-0.05, 0) is 6.92 Å². The minimum atomic E-state index is 0.112. The van der Waals surface area contributed by atoms with Gasteiger partial charge in [0.1, 0.15) is 5.82 Å². The van der Waals surface area contributed by atoms with Crippen molar-refractivity contribution in [3.63, 3.8) is 0 Å². The highest BCUT2D eigenvalue weighted by molar-refractivity contribution is 5.77. The van der Waals surface area contributed by atoms with Crippen LogP contribution in [0.25, 0.3) is 0 Å². The number of amides is 1. The van der Waals surface area contributed by atoms with E-state index in [9.17, 15) is 4.79 Å². The molecule has 0 saturated carbocycles. The van der Waals surface area contributed by atoms with Crippen molar-refractivity contribution in [1.29, 1.82) is 0 Å². The second-order valence-corrected chi connectivity index (χ2v) is 4.30. The Morgan fingerprint density at radius 3 is 2.94 bits per heavy atom. The monoisotopic (exact) mass is 237 g/mol. The van der Waals surface area contributed by atoms with Crippen LogP contribution in [-0.4, -0.2) is 35.3 Å². The summed E-state index contributed by atoms with van der Waals surface area (Å²) in [6, 6.07) is 0. The van der Waals surface area contributed by atoms with Gasteiger partial charge in [-0.3, -0.25) is 9.48 Å². The first kappa shape index (κ1) is 11.9. The average Bonchev–Trinajstić information content (AvgIpc) is 2.46. The van der Waals surface area contributed by atoms with E-state index in [1.807, 2.05) is 18.7 Å². The Balaban J connectivity index is 2.29. The van der Waals surface area contributed by atoms with E-state index in [1.165, 1.54) is 0 Å². The zero-order valence-electron chi connectivity index (χ0n) is 10.4. The molecule has 0 radical (unpaired) electrons. The molecule has 94 valence electrons. The first-order chi connectivity index (χ1) is 8.13. The number of nitrogens with zero attached hydrogens (tertiary/aromatic N) is 3. The molecule has 1 aliphatic rings. The smallest absolute Gasteiger partial charge is 0.221 e. The number of nitrogens with two attached hydrogens (primary N) is 1. The van der Waals surface area contributed by atoms with Crippen LogP contribution in [0.3, 0.4) is 0 Å². The van der Waals surface area contributed by atoms with Crippen LogP contribution in [-0.2, 0) is 18.4 Å². The third kappa shape index (κ3) is 2.26. The van der Waals surface area contributed by atoms with Gasteiger partial charge < -0.3 is 16.0 Å². The number of carbonyl (C=O) groups is 1. The molecule has 2 heterocycles. The summed E-state index contributed by atoms with van der Waals surface area (Å²) in [4.78, 5) is 13.5. The van der Waals surface area contributed by atoms with Crippen molar-refractivity contribution in [1.82, 2.24) is 15.1 Å². The molecule has 3 N–H and O–H groups in total. The molecule has 2 rings (SSSR count). The second-order valence-electron chi connectivity index (χ2n) is 4.30. The SMILES string of the molecule is Cc1nn(C)c(N2CCNC(=O)CC2)c1CN. The average molecular weight is 237 g/mol. The van der Waals surface area contributed by atoms with Crippen LogP contribution in [0.2, 0.25) is 0 Å². The maximum absolute atomic E-state index is 11.3. The molecule has 1 aliphatic heterocycles. The lowest BCUT2D eigenvalue weighted by molar-refractivity contribution is -0.120. The molecular weight excluding hydrogens is 218 g/mol. The molecule has 1 aromatic rings. The molecule has 0 aromatic carbocycles. The predicted octanol–water partition coefficient (Wildman–Crippen LogP) is -0.486. The number of aromatic nitrogens is 2. The Morgan fingerprint density at radius 1 is 1.47 bits per heavy atom. The van der Waals surface area contributed by atoms with E-state index in [4.69, 9.17) is 5.73 Å². The Bertz CT molecular complexity index is 426. The number of anilines is 1. The zero-order valence-corrected chi connectivity index (χ0v) is 10.4. The molecule has 1 aromatic heterocycles. The first-order valence-electron chi connectivity index (χ1n) is 5.87. The van der Waals surface area contributed by atoms with E-state index in [-0.39, 0.29) is 5.91 Å². The molecule has 6 nitrogen and oxygen atoms in total. The maximum atomic E-state index is 11.3. The van der Waals surface area contributed by atoms with Crippen molar-refractivity contribution < 1.29 is 4.79 Å². The highest BCUT2D eigenvalue weighted by Gasteiger charge is 2.21. The van der Waals surface area contributed by atoms with Gasteiger partial charge in [0, 0.05) is 45.2 Å². The molecule has 1 amide bonds. The Morgan fingerprint density at radius 2 is 2.24 bits per heavy atom. The fraction of sp³-hybridized carbons (Fsp3) is 0.636. The van der Waals surface area contributed by atoms with E-state index in [1.54, 1.807) is 0 Å². The largest absolute Gasteiger partial charge is 0.354 e. The van der Waals surface area contributed by atoms with E-state index >= 15 is 0 Å². The molecule has 0 unspecified atom stereocenters. The molecule has 1 saturated heterocycles. The number of hydrogen-bond acceptors (Lipinski definition) is 4. The number of aryl methyl sites for hydroxylation is 2. The van der Waals surface area contributed by atoms with Crippen LogP contribution in [0.5, 0.6) is 0 Å². The first-order valence-corrected chi connectivity index (χ1v) is 5.87. The van der Waals surface area contributed by atoms with Crippen molar-refractivity contribution in [2.45, 2.75) is 19.9 Å². The highest BCUT2D eigenvalue weighted by atomic mass is 16.1.